The first kappa shape index (κ1) is 13.7. The lowest BCUT2D eigenvalue weighted by atomic mass is 10.1. The van der Waals surface area contributed by atoms with E-state index in [4.69, 9.17) is 11.6 Å². The van der Waals surface area contributed by atoms with Gasteiger partial charge in [-0.05, 0) is 19.2 Å². The van der Waals surface area contributed by atoms with Crippen LogP contribution >= 0.6 is 24.0 Å². The van der Waals surface area contributed by atoms with Gasteiger partial charge in [-0.15, -0.1) is 12.4 Å². The van der Waals surface area contributed by atoms with Crippen molar-refractivity contribution >= 4 is 24.0 Å². The third-order valence-electron chi connectivity index (χ3n) is 2.85. The Balaban J connectivity index is 0.00000128. The molecule has 0 radical (unpaired) electrons. The maximum absolute atomic E-state index is 13.5. The molecule has 1 saturated heterocycles. The van der Waals surface area contributed by atoms with Crippen molar-refractivity contribution in [1.29, 1.82) is 0 Å². The van der Waals surface area contributed by atoms with Crippen molar-refractivity contribution < 1.29 is 4.39 Å². The van der Waals surface area contributed by atoms with Crippen molar-refractivity contribution in [3.8, 4) is 0 Å². The summed E-state index contributed by atoms with van der Waals surface area (Å²) in [7, 11) is 1.99. The second-order valence-corrected chi connectivity index (χ2v) is 4.33. The molecule has 0 spiro atoms. The van der Waals surface area contributed by atoms with E-state index >= 15 is 0 Å². The minimum absolute atomic E-state index is 0. The van der Waals surface area contributed by atoms with Gasteiger partial charge < -0.3 is 5.32 Å². The molecule has 1 N–H and O–H groups in total. The van der Waals surface area contributed by atoms with Crippen LogP contribution in [0.4, 0.5) is 4.39 Å². The standard InChI is InChI=1S/C11H14ClFN2.ClH/c1-15(8-5-14-6-8)7-9-10(12)3-2-4-11(9)13;/h2-4,8,14H,5-7H2,1H3;1H. The van der Waals surface area contributed by atoms with E-state index in [1.807, 2.05) is 7.05 Å². The highest BCUT2D eigenvalue weighted by molar-refractivity contribution is 6.31. The summed E-state index contributed by atoms with van der Waals surface area (Å²) in [5.74, 6) is -0.221. The summed E-state index contributed by atoms with van der Waals surface area (Å²) in [6.07, 6.45) is 0. The Bertz CT molecular complexity index is 336. The Hall–Kier alpha value is -0.350. The molecule has 0 unspecified atom stereocenters. The van der Waals surface area contributed by atoms with Crippen LogP contribution in [-0.2, 0) is 6.54 Å². The van der Waals surface area contributed by atoms with Crippen molar-refractivity contribution in [2.24, 2.45) is 0 Å². The summed E-state index contributed by atoms with van der Waals surface area (Å²) < 4.78 is 13.5. The maximum atomic E-state index is 13.5. The summed E-state index contributed by atoms with van der Waals surface area (Å²) in [6.45, 7) is 2.52. The number of rotatable bonds is 3. The third-order valence-corrected chi connectivity index (χ3v) is 3.21. The van der Waals surface area contributed by atoms with E-state index in [1.165, 1.54) is 6.07 Å². The SMILES string of the molecule is CN(Cc1c(F)cccc1Cl)C1CNC1.Cl. The topological polar surface area (TPSA) is 15.3 Å². The van der Waals surface area contributed by atoms with Crippen LogP contribution in [-0.4, -0.2) is 31.1 Å². The average Bonchev–Trinajstić information content (AvgIpc) is 2.08. The van der Waals surface area contributed by atoms with Gasteiger partial charge in [0.25, 0.3) is 0 Å². The molecule has 0 aromatic heterocycles. The first-order valence-electron chi connectivity index (χ1n) is 5.02. The Kier molecular flexibility index (Phi) is 4.99. The molecule has 90 valence electrons. The van der Waals surface area contributed by atoms with Crippen LogP contribution in [0.1, 0.15) is 5.56 Å². The minimum atomic E-state index is -0.221. The number of likely N-dealkylation sites (N-methyl/N-ethyl adjacent to an activating group) is 1. The molecule has 0 bridgehead atoms. The molecule has 5 heteroatoms. The normalized spacial score (nSPS) is 15.8. The molecule has 2 nitrogen and oxygen atoms in total. The van der Waals surface area contributed by atoms with Crippen LogP contribution in [0.15, 0.2) is 18.2 Å². The molecule has 2 rings (SSSR count). The van der Waals surface area contributed by atoms with Gasteiger partial charge in [-0.3, -0.25) is 4.90 Å². The van der Waals surface area contributed by atoms with Gasteiger partial charge in [0.2, 0.25) is 0 Å². The molecular formula is C11H15Cl2FN2. The lowest BCUT2D eigenvalue weighted by molar-refractivity contribution is 0.171. The van der Waals surface area contributed by atoms with E-state index in [0.29, 0.717) is 23.2 Å². The fourth-order valence-electron chi connectivity index (χ4n) is 1.65. The summed E-state index contributed by atoms with van der Waals surface area (Å²) in [6, 6.07) is 5.31. The van der Waals surface area contributed by atoms with Gasteiger partial charge in [0.15, 0.2) is 0 Å². The third kappa shape index (κ3) is 2.86. The zero-order valence-corrected chi connectivity index (χ0v) is 10.6. The predicted octanol–water partition coefficient (Wildman–Crippen LogP) is 2.30. The summed E-state index contributed by atoms with van der Waals surface area (Å²) in [5, 5.41) is 3.70. The molecule has 16 heavy (non-hydrogen) atoms. The monoisotopic (exact) mass is 264 g/mol. The number of hydrogen-bond acceptors (Lipinski definition) is 2. The molecule has 1 aliphatic rings. The molecule has 1 heterocycles. The second kappa shape index (κ2) is 5.82. The molecule has 1 aromatic carbocycles. The highest BCUT2D eigenvalue weighted by Crippen LogP contribution is 2.21. The fraction of sp³-hybridized carbons (Fsp3) is 0.455. The molecule has 0 atom stereocenters. The van der Waals surface area contributed by atoms with Crippen molar-refractivity contribution in [3.63, 3.8) is 0 Å². The maximum Gasteiger partial charge on any atom is 0.129 e. The number of nitrogens with one attached hydrogen (secondary N) is 1. The van der Waals surface area contributed by atoms with Gasteiger partial charge in [-0.25, -0.2) is 4.39 Å². The van der Waals surface area contributed by atoms with Crippen LogP contribution in [0.2, 0.25) is 5.02 Å². The van der Waals surface area contributed by atoms with Crippen molar-refractivity contribution in [2.45, 2.75) is 12.6 Å². The summed E-state index contributed by atoms with van der Waals surface area (Å²) in [5.41, 5.74) is 0.591. The first-order valence-corrected chi connectivity index (χ1v) is 5.40. The van der Waals surface area contributed by atoms with Crippen molar-refractivity contribution in [3.05, 3.63) is 34.6 Å². The smallest absolute Gasteiger partial charge is 0.129 e. The van der Waals surface area contributed by atoms with E-state index in [2.05, 4.69) is 10.2 Å². The number of halogens is 3. The van der Waals surface area contributed by atoms with Crippen LogP contribution < -0.4 is 5.32 Å². The average molecular weight is 265 g/mol. The zero-order chi connectivity index (χ0) is 10.8. The van der Waals surface area contributed by atoms with E-state index in [9.17, 15) is 4.39 Å². The molecule has 1 aromatic rings. The van der Waals surface area contributed by atoms with Crippen LogP contribution in [0.5, 0.6) is 0 Å². The zero-order valence-electron chi connectivity index (χ0n) is 9.04. The van der Waals surface area contributed by atoms with Crippen LogP contribution in [0.25, 0.3) is 0 Å². The highest BCUT2D eigenvalue weighted by Gasteiger charge is 2.22. The fourth-order valence-corrected chi connectivity index (χ4v) is 1.87. The molecule has 0 saturated carbocycles. The lowest BCUT2D eigenvalue weighted by Crippen LogP contribution is -2.55. The molecule has 0 aliphatic carbocycles. The minimum Gasteiger partial charge on any atom is -0.314 e. The van der Waals surface area contributed by atoms with Gasteiger partial charge in [0.05, 0.1) is 0 Å². The molecule has 0 amide bonds. The molecule has 1 fully saturated rings. The van der Waals surface area contributed by atoms with Crippen LogP contribution in [0, 0.1) is 5.82 Å². The largest absolute Gasteiger partial charge is 0.314 e. The quantitative estimate of drug-likeness (QED) is 0.902. The Morgan fingerprint density at radius 2 is 2.19 bits per heavy atom. The molecular weight excluding hydrogens is 250 g/mol. The van der Waals surface area contributed by atoms with Crippen molar-refractivity contribution in [1.82, 2.24) is 10.2 Å². The summed E-state index contributed by atoms with van der Waals surface area (Å²) in [4.78, 5) is 2.13. The van der Waals surface area contributed by atoms with Crippen molar-refractivity contribution in [2.75, 3.05) is 20.1 Å². The number of benzene rings is 1. The molecule has 1 aliphatic heterocycles. The van der Waals surface area contributed by atoms with E-state index < -0.39 is 0 Å². The number of hydrogen-bond donors (Lipinski definition) is 1. The van der Waals surface area contributed by atoms with E-state index in [0.717, 1.165) is 13.1 Å². The lowest BCUT2D eigenvalue weighted by Gasteiger charge is -2.35. The first-order chi connectivity index (χ1) is 7.18. The highest BCUT2D eigenvalue weighted by atomic mass is 35.5. The Morgan fingerprint density at radius 3 is 2.69 bits per heavy atom. The number of nitrogens with zero attached hydrogens (tertiary/aromatic N) is 1. The van der Waals surface area contributed by atoms with E-state index in [-0.39, 0.29) is 18.2 Å². The van der Waals surface area contributed by atoms with Crippen LogP contribution in [0.3, 0.4) is 0 Å². The Labute approximate surface area is 106 Å². The van der Waals surface area contributed by atoms with E-state index in [1.54, 1.807) is 12.1 Å². The van der Waals surface area contributed by atoms with Gasteiger partial charge in [0, 0.05) is 36.3 Å². The Morgan fingerprint density at radius 1 is 1.50 bits per heavy atom. The predicted molar refractivity (Wildman–Crippen MR) is 66.8 cm³/mol. The van der Waals surface area contributed by atoms with Gasteiger partial charge in [-0.2, -0.15) is 0 Å². The summed E-state index contributed by atoms with van der Waals surface area (Å²) >= 11 is 5.96. The van der Waals surface area contributed by atoms with Gasteiger partial charge >= 0.3 is 0 Å². The second-order valence-electron chi connectivity index (χ2n) is 3.93. The van der Waals surface area contributed by atoms with Gasteiger partial charge in [0.1, 0.15) is 5.82 Å². The van der Waals surface area contributed by atoms with Gasteiger partial charge in [-0.1, -0.05) is 17.7 Å².